The molecule has 1 aromatic rings. The summed E-state index contributed by atoms with van der Waals surface area (Å²) in [5, 5.41) is 0. The minimum absolute atomic E-state index is 0.266. The summed E-state index contributed by atoms with van der Waals surface area (Å²) in [7, 11) is -8.08. The van der Waals surface area contributed by atoms with Crippen LogP contribution in [0.3, 0.4) is 0 Å². The molecule has 0 atom stereocenters. The summed E-state index contributed by atoms with van der Waals surface area (Å²) in [6.45, 7) is 6.92. The van der Waals surface area contributed by atoms with Gasteiger partial charge in [0.1, 0.15) is 11.4 Å². The highest BCUT2D eigenvalue weighted by atomic mass is 32.2. The molecular weight excluding hydrogens is 570 g/mol. The lowest BCUT2D eigenvalue weighted by Gasteiger charge is -2.26. The van der Waals surface area contributed by atoms with Gasteiger partial charge in [-0.3, -0.25) is 9.11 Å². The standard InChI is InChI=1S/C29H51NO9S2/c1-4-5-6-7-8-9-10-11-12-21-29(2,3)39-28(31)38-27-19-17-26(18-20-27)30(22-13-15-24-40(32,33)34)23-14-16-25-41(35,36)37/h17-20H,4-16,21-25H2,1-3H3,(H,32,33,34)(H,35,36,37). The summed E-state index contributed by atoms with van der Waals surface area (Å²) in [5.74, 6) is -0.364. The van der Waals surface area contributed by atoms with Crippen molar-refractivity contribution in [3.05, 3.63) is 24.3 Å². The predicted octanol–water partition coefficient (Wildman–Crippen LogP) is 7.04. The van der Waals surface area contributed by atoms with Gasteiger partial charge in [-0.05, 0) is 76.6 Å². The minimum Gasteiger partial charge on any atom is -0.428 e. The first kappa shape index (κ1) is 37.1. The Labute approximate surface area is 247 Å². The van der Waals surface area contributed by atoms with E-state index in [-0.39, 0.29) is 24.3 Å². The maximum atomic E-state index is 12.4. The van der Waals surface area contributed by atoms with Crippen LogP contribution >= 0.6 is 0 Å². The van der Waals surface area contributed by atoms with Gasteiger partial charge in [-0.1, -0.05) is 58.3 Å². The monoisotopic (exact) mass is 621 g/mol. The number of hydrogen-bond acceptors (Lipinski definition) is 8. The van der Waals surface area contributed by atoms with Crippen molar-refractivity contribution in [1.82, 2.24) is 0 Å². The van der Waals surface area contributed by atoms with Gasteiger partial charge in [-0.25, -0.2) is 4.79 Å². The van der Waals surface area contributed by atoms with Gasteiger partial charge in [0, 0.05) is 18.8 Å². The fraction of sp³-hybridized carbons (Fsp3) is 0.759. The summed E-state index contributed by atoms with van der Waals surface area (Å²) in [4.78, 5) is 14.4. The van der Waals surface area contributed by atoms with Crippen molar-refractivity contribution >= 4 is 32.1 Å². The van der Waals surface area contributed by atoms with Gasteiger partial charge >= 0.3 is 6.16 Å². The molecule has 12 heteroatoms. The van der Waals surface area contributed by atoms with Crippen LogP contribution in [0, 0.1) is 0 Å². The van der Waals surface area contributed by atoms with Gasteiger partial charge in [0.25, 0.3) is 20.2 Å². The molecule has 0 amide bonds. The van der Waals surface area contributed by atoms with E-state index in [1.165, 1.54) is 44.9 Å². The van der Waals surface area contributed by atoms with E-state index in [1.54, 1.807) is 24.3 Å². The van der Waals surface area contributed by atoms with E-state index in [1.807, 2.05) is 18.7 Å². The van der Waals surface area contributed by atoms with Gasteiger partial charge in [0.15, 0.2) is 0 Å². The Hall–Kier alpha value is -1.89. The number of carbonyl (C=O) groups excluding carboxylic acids is 1. The molecule has 0 radical (unpaired) electrons. The molecule has 0 aromatic heterocycles. The Morgan fingerprint density at radius 3 is 1.66 bits per heavy atom. The number of anilines is 1. The Morgan fingerprint density at radius 1 is 0.732 bits per heavy atom. The zero-order valence-corrected chi connectivity index (χ0v) is 26.7. The molecule has 2 N–H and O–H groups in total. The van der Waals surface area contributed by atoms with Gasteiger partial charge in [-0.15, -0.1) is 0 Å². The van der Waals surface area contributed by atoms with Crippen molar-refractivity contribution in [3.8, 4) is 5.75 Å². The third-order valence-electron chi connectivity index (χ3n) is 6.81. The van der Waals surface area contributed by atoms with Crippen molar-refractivity contribution in [1.29, 1.82) is 0 Å². The van der Waals surface area contributed by atoms with E-state index in [4.69, 9.17) is 18.6 Å². The molecule has 0 saturated carbocycles. The number of hydrogen-bond donors (Lipinski definition) is 2. The van der Waals surface area contributed by atoms with E-state index < -0.39 is 32.0 Å². The van der Waals surface area contributed by atoms with Crippen molar-refractivity contribution in [2.24, 2.45) is 0 Å². The molecule has 238 valence electrons. The van der Waals surface area contributed by atoms with Gasteiger partial charge in [0.2, 0.25) is 0 Å². The van der Waals surface area contributed by atoms with Crippen LogP contribution in [-0.4, -0.2) is 62.3 Å². The van der Waals surface area contributed by atoms with Crippen molar-refractivity contribution in [3.63, 3.8) is 0 Å². The van der Waals surface area contributed by atoms with Crippen molar-refractivity contribution < 1.29 is 40.2 Å². The molecule has 41 heavy (non-hydrogen) atoms. The van der Waals surface area contributed by atoms with Crippen LogP contribution in [0.4, 0.5) is 10.5 Å². The van der Waals surface area contributed by atoms with Crippen LogP contribution in [0.5, 0.6) is 5.75 Å². The molecule has 0 aliphatic rings. The molecule has 0 heterocycles. The normalized spacial score (nSPS) is 12.3. The number of rotatable bonds is 23. The topological polar surface area (TPSA) is 148 Å². The third-order valence-corrected chi connectivity index (χ3v) is 8.41. The quantitative estimate of drug-likeness (QED) is 0.0564. The maximum absolute atomic E-state index is 12.4. The van der Waals surface area contributed by atoms with Gasteiger partial charge in [-0.2, -0.15) is 16.8 Å². The zero-order valence-electron chi connectivity index (χ0n) is 25.1. The van der Waals surface area contributed by atoms with E-state index in [0.717, 1.165) is 24.9 Å². The summed E-state index contributed by atoms with van der Waals surface area (Å²) in [6.07, 6.45) is 12.5. The van der Waals surface area contributed by atoms with Crippen LogP contribution < -0.4 is 9.64 Å². The second-order valence-electron chi connectivity index (χ2n) is 11.3. The SMILES string of the molecule is CCCCCCCCCCCC(C)(C)OC(=O)Oc1ccc(N(CCCCS(=O)(=O)O)CCCCS(=O)(=O)O)cc1. The molecule has 0 saturated heterocycles. The molecule has 1 aromatic carbocycles. The van der Waals surface area contributed by atoms with Gasteiger partial charge in [0.05, 0.1) is 11.5 Å². The number of carbonyl (C=O) groups is 1. The van der Waals surface area contributed by atoms with Crippen molar-refractivity contribution in [2.75, 3.05) is 29.5 Å². The first-order valence-corrected chi connectivity index (χ1v) is 18.1. The highest BCUT2D eigenvalue weighted by Gasteiger charge is 2.24. The van der Waals surface area contributed by atoms with Crippen LogP contribution in [0.2, 0.25) is 0 Å². The summed E-state index contributed by atoms with van der Waals surface area (Å²) >= 11 is 0. The first-order chi connectivity index (χ1) is 19.2. The van der Waals surface area contributed by atoms with Gasteiger partial charge < -0.3 is 14.4 Å². The lowest BCUT2D eigenvalue weighted by Crippen LogP contribution is -2.29. The molecule has 0 aliphatic heterocycles. The molecule has 0 aliphatic carbocycles. The summed E-state index contributed by atoms with van der Waals surface area (Å²) in [6, 6.07) is 6.77. The fourth-order valence-corrected chi connectivity index (χ4v) is 5.66. The van der Waals surface area contributed by atoms with E-state index in [9.17, 15) is 21.6 Å². The number of nitrogens with zero attached hydrogens (tertiary/aromatic N) is 1. The maximum Gasteiger partial charge on any atom is 0.514 e. The molecule has 10 nitrogen and oxygen atoms in total. The van der Waals surface area contributed by atoms with E-state index in [2.05, 4.69) is 6.92 Å². The molecule has 0 fully saturated rings. The molecule has 0 bridgehead atoms. The summed E-state index contributed by atoms with van der Waals surface area (Å²) < 4.78 is 72.9. The fourth-order valence-electron chi connectivity index (χ4n) is 4.52. The molecule has 1 rings (SSSR count). The Balaban J connectivity index is 2.55. The Bertz CT molecular complexity index is 1030. The average Bonchev–Trinajstić information content (AvgIpc) is 2.85. The highest BCUT2D eigenvalue weighted by Crippen LogP contribution is 2.24. The number of benzene rings is 1. The van der Waals surface area contributed by atoms with Crippen molar-refractivity contribution in [2.45, 2.75) is 116 Å². The molecule has 0 spiro atoms. The lowest BCUT2D eigenvalue weighted by atomic mass is 9.99. The Kier molecular flexibility index (Phi) is 17.5. The molecule has 0 unspecified atom stereocenters. The highest BCUT2D eigenvalue weighted by molar-refractivity contribution is 7.86. The van der Waals surface area contributed by atoms with Crippen LogP contribution in [-0.2, 0) is 25.0 Å². The first-order valence-electron chi connectivity index (χ1n) is 14.9. The number of ether oxygens (including phenoxy) is 2. The molecular formula is C29H51NO9S2. The summed E-state index contributed by atoms with van der Waals surface area (Å²) in [5.41, 5.74) is 0.133. The predicted molar refractivity (Wildman–Crippen MR) is 163 cm³/mol. The average molecular weight is 622 g/mol. The zero-order chi connectivity index (χ0) is 30.8. The second kappa shape index (κ2) is 19.3. The second-order valence-corrected chi connectivity index (χ2v) is 14.4. The number of unbranched alkanes of at least 4 members (excludes halogenated alkanes) is 10. The smallest absolute Gasteiger partial charge is 0.428 e. The van der Waals surface area contributed by atoms with E-state index >= 15 is 0 Å². The van der Waals surface area contributed by atoms with Crippen LogP contribution in [0.25, 0.3) is 0 Å². The third kappa shape index (κ3) is 20.6. The van der Waals surface area contributed by atoms with E-state index in [0.29, 0.717) is 31.7 Å². The minimum atomic E-state index is -4.04. The largest absolute Gasteiger partial charge is 0.514 e. The van der Waals surface area contributed by atoms with Crippen LogP contribution in [0.1, 0.15) is 111 Å². The Morgan fingerprint density at radius 2 is 1.20 bits per heavy atom. The lowest BCUT2D eigenvalue weighted by molar-refractivity contribution is 0.00275. The van der Waals surface area contributed by atoms with Crippen LogP contribution in [0.15, 0.2) is 24.3 Å².